The Labute approximate surface area is 173 Å². The number of hydrogen-bond donors (Lipinski definition) is 1. The van der Waals surface area contributed by atoms with Gasteiger partial charge in [-0.15, -0.1) is 0 Å². The van der Waals surface area contributed by atoms with Crippen molar-refractivity contribution >= 4 is 34.8 Å². The molecule has 5 nitrogen and oxygen atoms in total. The number of nitrogens with zero attached hydrogens (tertiary/aromatic N) is 3. The molecule has 0 fully saturated rings. The van der Waals surface area contributed by atoms with Crippen LogP contribution < -0.4 is 5.01 Å². The van der Waals surface area contributed by atoms with Gasteiger partial charge in [-0.25, -0.2) is 5.01 Å². The lowest BCUT2D eigenvalue weighted by Gasteiger charge is -2.26. The second-order valence-corrected chi connectivity index (χ2v) is 8.29. The molecule has 1 aliphatic rings. The number of hydrazine groups is 1. The predicted octanol–water partition coefficient (Wildman–Crippen LogP) is 4.91. The first-order chi connectivity index (χ1) is 14.2. The van der Waals surface area contributed by atoms with E-state index in [4.69, 9.17) is 0 Å². The van der Waals surface area contributed by atoms with E-state index in [1.54, 1.807) is 24.0 Å². The van der Waals surface area contributed by atoms with Crippen LogP contribution in [0.2, 0.25) is 0 Å². The molecule has 0 amide bonds. The molecular formula is C23H20N4OS. The fourth-order valence-electron chi connectivity index (χ4n) is 3.95. The highest BCUT2D eigenvalue weighted by molar-refractivity contribution is 7.99. The maximum atomic E-state index is 11.4. The van der Waals surface area contributed by atoms with Crippen molar-refractivity contribution < 1.29 is 4.79 Å². The average Bonchev–Trinajstić information content (AvgIpc) is 3.28. The van der Waals surface area contributed by atoms with Crippen LogP contribution in [-0.2, 0) is 0 Å². The number of aromatic nitrogens is 2. The van der Waals surface area contributed by atoms with Gasteiger partial charge in [0.1, 0.15) is 0 Å². The van der Waals surface area contributed by atoms with E-state index in [1.165, 1.54) is 21.0 Å². The molecule has 144 valence electrons. The maximum Gasteiger partial charge on any atom is 0.152 e. The Bertz CT molecular complexity index is 1200. The molecule has 3 heterocycles. The third-order valence-electron chi connectivity index (χ3n) is 5.47. The van der Waals surface area contributed by atoms with Gasteiger partial charge in [0.15, 0.2) is 6.29 Å². The van der Waals surface area contributed by atoms with Crippen molar-refractivity contribution in [1.82, 2.24) is 15.0 Å². The minimum absolute atomic E-state index is 0.0412. The van der Waals surface area contributed by atoms with Gasteiger partial charge < -0.3 is 9.99 Å². The van der Waals surface area contributed by atoms with Crippen molar-refractivity contribution in [2.24, 2.45) is 0 Å². The van der Waals surface area contributed by atoms with Crippen LogP contribution in [0.25, 0.3) is 11.0 Å². The van der Waals surface area contributed by atoms with E-state index in [2.05, 4.69) is 76.5 Å². The Morgan fingerprint density at radius 2 is 1.86 bits per heavy atom. The van der Waals surface area contributed by atoms with Crippen LogP contribution in [0, 0.1) is 0 Å². The van der Waals surface area contributed by atoms with Crippen molar-refractivity contribution in [3.63, 3.8) is 0 Å². The fraction of sp³-hybridized carbons (Fsp3) is 0.130. The second kappa shape index (κ2) is 7.06. The molecule has 0 saturated carbocycles. The van der Waals surface area contributed by atoms with E-state index in [-0.39, 0.29) is 6.04 Å². The zero-order chi connectivity index (χ0) is 20.0. The summed E-state index contributed by atoms with van der Waals surface area (Å²) in [6.45, 7) is 0. The molecule has 2 aromatic carbocycles. The smallest absolute Gasteiger partial charge is 0.152 e. The first-order valence-electron chi connectivity index (χ1n) is 9.42. The molecular weight excluding hydrogens is 380 g/mol. The van der Waals surface area contributed by atoms with Crippen LogP contribution in [0.15, 0.2) is 76.7 Å². The number of aldehydes is 1. The molecule has 1 atom stereocenters. The number of benzene rings is 2. The van der Waals surface area contributed by atoms with Crippen LogP contribution in [0.3, 0.4) is 0 Å². The Kier molecular flexibility index (Phi) is 4.38. The largest absolute Gasteiger partial charge is 0.355 e. The summed E-state index contributed by atoms with van der Waals surface area (Å²) >= 11 is 1.76. The Balaban J connectivity index is 1.55. The van der Waals surface area contributed by atoms with Crippen molar-refractivity contribution in [1.29, 1.82) is 0 Å². The number of anilines is 1. The highest BCUT2D eigenvalue weighted by atomic mass is 32.2. The monoisotopic (exact) mass is 400 g/mol. The third kappa shape index (κ3) is 3.01. The third-order valence-corrected chi connectivity index (χ3v) is 6.46. The molecule has 0 radical (unpaired) electrons. The molecule has 1 aliphatic heterocycles. The molecule has 29 heavy (non-hydrogen) atoms. The van der Waals surface area contributed by atoms with Crippen LogP contribution >= 0.6 is 11.8 Å². The van der Waals surface area contributed by atoms with Crippen molar-refractivity contribution in [3.8, 4) is 0 Å². The van der Waals surface area contributed by atoms with Gasteiger partial charge in [-0.05, 0) is 36.4 Å². The molecule has 0 aliphatic carbocycles. The molecule has 4 aromatic rings. The van der Waals surface area contributed by atoms with Gasteiger partial charge in [-0.2, -0.15) is 0 Å². The standard InChI is InChI=1S/C23H20N4OS/c1-26-21-12-17(29-16-6-4-3-5-7-16)8-9-18(21)23(27(26)2)20-13-19-22(25-20)15(14-28)10-11-24-19/h3-14,23,25H,1-2H3. The van der Waals surface area contributed by atoms with E-state index in [9.17, 15) is 4.79 Å². The normalized spacial score (nSPS) is 16.3. The Morgan fingerprint density at radius 3 is 2.66 bits per heavy atom. The first kappa shape index (κ1) is 18.0. The van der Waals surface area contributed by atoms with Gasteiger partial charge in [0.05, 0.1) is 22.8 Å². The lowest BCUT2D eigenvalue weighted by molar-refractivity contribution is 0.112. The highest BCUT2D eigenvalue weighted by Gasteiger charge is 2.34. The van der Waals surface area contributed by atoms with Gasteiger partial charge in [-0.1, -0.05) is 36.0 Å². The lowest BCUT2D eigenvalue weighted by Crippen LogP contribution is -2.33. The fourth-order valence-corrected chi connectivity index (χ4v) is 4.82. The van der Waals surface area contributed by atoms with E-state index >= 15 is 0 Å². The summed E-state index contributed by atoms with van der Waals surface area (Å²) in [6, 6.07) is 20.8. The molecule has 5 rings (SSSR count). The van der Waals surface area contributed by atoms with Crippen LogP contribution in [0.4, 0.5) is 5.69 Å². The molecule has 2 aromatic heterocycles. The van der Waals surface area contributed by atoms with Crippen LogP contribution in [-0.4, -0.2) is 35.4 Å². The van der Waals surface area contributed by atoms with Crippen molar-refractivity contribution in [2.45, 2.75) is 15.8 Å². The van der Waals surface area contributed by atoms with Gasteiger partial charge >= 0.3 is 0 Å². The SMILES string of the molecule is CN1c2cc(Sc3ccccc3)ccc2C(c2cc3nccc(C=O)c3[nH]2)N1C. The predicted molar refractivity (Wildman–Crippen MR) is 116 cm³/mol. The van der Waals surface area contributed by atoms with Gasteiger partial charge in [0, 0.05) is 46.9 Å². The summed E-state index contributed by atoms with van der Waals surface area (Å²) in [5.41, 5.74) is 5.67. The van der Waals surface area contributed by atoms with E-state index in [1.807, 2.05) is 12.1 Å². The maximum absolute atomic E-state index is 11.4. The summed E-state index contributed by atoms with van der Waals surface area (Å²) in [5, 5.41) is 4.38. The lowest BCUT2D eigenvalue weighted by atomic mass is 10.0. The molecule has 0 bridgehead atoms. The summed E-state index contributed by atoms with van der Waals surface area (Å²) in [7, 11) is 4.15. The van der Waals surface area contributed by atoms with Crippen molar-refractivity contribution in [2.75, 3.05) is 19.1 Å². The topological polar surface area (TPSA) is 52.2 Å². The van der Waals surface area contributed by atoms with Crippen molar-refractivity contribution in [3.05, 3.63) is 83.7 Å². The number of aromatic amines is 1. The summed E-state index contributed by atoms with van der Waals surface area (Å²) in [5.74, 6) is 0. The minimum atomic E-state index is 0.0412. The van der Waals surface area contributed by atoms with Gasteiger partial charge in [0.25, 0.3) is 0 Å². The number of carbonyl (C=O) groups is 1. The number of pyridine rings is 1. The first-order valence-corrected chi connectivity index (χ1v) is 10.2. The second-order valence-electron chi connectivity index (χ2n) is 7.14. The number of carbonyl (C=O) groups excluding carboxylic acids is 1. The molecule has 0 saturated heterocycles. The Morgan fingerprint density at radius 1 is 1.03 bits per heavy atom. The van der Waals surface area contributed by atoms with Crippen LogP contribution in [0.1, 0.15) is 27.7 Å². The van der Waals surface area contributed by atoms with E-state index < -0.39 is 0 Å². The zero-order valence-corrected chi connectivity index (χ0v) is 17.0. The van der Waals surface area contributed by atoms with E-state index in [0.29, 0.717) is 5.56 Å². The number of hydrogen-bond acceptors (Lipinski definition) is 5. The molecule has 1 N–H and O–H groups in total. The Hall–Kier alpha value is -3.09. The molecule has 6 heteroatoms. The quantitative estimate of drug-likeness (QED) is 0.493. The molecule has 1 unspecified atom stereocenters. The summed E-state index contributed by atoms with van der Waals surface area (Å²) in [6.07, 6.45) is 2.55. The average molecular weight is 401 g/mol. The number of fused-ring (bicyclic) bond motifs is 2. The molecule has 0 spiro atoms. The van der Waals surface area contributed by atoms with E-state index in [0.717, 1.165) is 23.0 Å². The van der Waals surface area contributed by atoms with Gasteiger partial charge in [0.2, 0.25) is 0 Å². The van der Waals surface area contributed by atoms with Crippen LogP contribution in [0.5, 0.6) is 0 Å². The highest BCUT2D eigenvalue weighted by Crippen LogP contribution is 2.44. The van der Waals surface area contributed by atoms with Gasteiger partial charge in [-0.3, -0.25) is 9.78 Å². The summed E-state index contributed by atoms with van der Waals surface area (Å²) < 4.78 is 0. The number of rotatable bonds is 4. The number of nitrogens with one attached hydrogen (secondary N) is 1. The number of H-pyrrole nitrogens is 1. The zero-order valence-electron chi connectivity index (χ0n) is 16.2. The summed E-state index contributed by atoms with van der Waals surface area (Å²) in [4.78, 5) is 21.7. The minimum Gasteiger partial charge on any atom is -0.355 e.